The molecule has 0 saturated carbocycles. The standard InChI is InChI=1S/C24H24O2/c25-13-1-3-17-5-7-19-9-11-21(23(19)15-17)22-12-10-20-8-6-18(4-2-14-26)16-24(20)22/h5-12,15-16,25-26H,1-4,13-14H2/b22-21-. The predicted octanol–water partition coefficient (Wildman–Crippen LogP) is 4.50. The monoisotopic (exact) mass is 344 g/mol. The van der Waals surface area contributed by atoms with E-state index in [9.17, 15) is 0 Å². The summed E-state index contributed by atoms with van der Waals surface area (Å²) >= 11 is 0. The van der Waals surface area contributed by atoms with Crippen LogP contribution < -0.4 is 0 Å². The van der Waals surface area contributed by atoms with Crippen LogP contribution in [0.25, 0.3) is 23.3 Å². The van der Waals surface area contributed by atoms with Crippen molar-refractivity contribution in [3.8, 4) is 0 Å². The van der Waals surface area contributed by atoms with Gasteiger partial charge in [0.1, 0.15) is 0 Å². The Balaban J connectivity index is 1.73. The molecule has 0 bridgehead atoms. The lowest BCUT2D eigenvalue weighted by molar-refractivity contribution is 0.288. The fraction of sp³-hybridized carbons (Fsp3) is 0.250. The average molecular weight is 344 g/mol. The number of allylic oxidation sites excluding steroid dienone is 4. The number of aliphatic hydroxyl groups excluding tert-OH is 2. The highest BCUT2D eigenvalue weighted by molar-refractivity contribution is 6.10. The molecule has 0 radical (unpaired) electrons. The summed E-state index contributed by atoms with van der Waals surface area (Å²) in [6, 6.07) is 13.2. The zero-order valence-electron chi connectivity index (χ0n) is 14.9. The molecule has 2 aliphatic rings. The minimum absolute atomic E-state index is 0.232. The van der Waals surface area contributed by atoms with Gasteiger partial charge in [0.15, 0.2) is 0 Å². The van der Waals surface area contributed by atoms with E-state index in [1.807, 2.05) is 0 Å². The summed E-state index contributed by atoms with van der Waals surface area (Å²) in [5.41, 5.74) is 10.2. The average Bonchev–Trinajstić information content (AvgIpc) is 3.27. The molecule has 2 aromatic carbocycles. The summed E-state index contributed by atoms with van der Waals surface area (Å²) in [5.74, 6) is 0. The number of fused-ring (bicyclic) bond motifs is 2. The van der Waals surface area contributed by atoms with E-state index in [0.717, 1.165) is 25.7 Å². The van der Waals surface area contributed by atoms with Gasteiger partial charge in [0.05, 0.1) is 0 Å². The Morgan fingerprint density at radius 2 is 1.04 bits per heavy atom. The van der Waals surface area contributed by atoms with Crippen LogP contribution in [0.3, 0.4) is 0 Å². The maximum absolute atomic E-state index is 9.10. The Hall–Kier alpha value is -2.42. The smallest absolute Gasteiger partial charge is 0.0434 e. The molecular formula is C24H24O2. The van der Waals surface area contributed by atoms with Gasteiger partial charge in [0, 0.05) is 13.2 Å². The van der Waals surface area contributed by atoms with Crippen LogP contribution in [-0.4, -0.2) is 23.4 Å². The van der Waals surface area contributed by atoms with Crippen LogP contribution in [0.5, 0.6) is 0 Å². The molecular weight excluding hydrogens is 320 g/mol. The minimum Gasteiger partial charge on any atom is -0.396 e. The zero-order chi connectivity index (χ0) is 17.9. The highest BCUT2D eigenvalue weighted by Crippen LogP contribution is 2.41. The molecule has 0 fully saturated rings. The van der Waals surface area contributed by atoms with Crippen LogP contribution in [-0.2, 0) is 12.8 Å². The normalized spacial score (nSPS) is 17.0. The van der Waals surface area contributed by atoms with Gasteiger partial charge < -0.3 is 10.2 Å². The molecule has 0 heterocycles. The molecule has 0 spiro atoms. The summed E-state index contributed by atoms with van der Waals surface area (Å²) in [5, 5.41) is 18.2. The fourth-order valence-electron chi connectivity index (χ4n) is 3.84. The van der Waals surface area contributed by atoms with Crippen molar-refractivity contribution >= 4 is 23.3 Å². The van der Waals surface area contributed by atoms with Crippen molar-refractivity contribution in [2.45, 2.75) is 25.7 Å². The zero-order valence-corrected chi connectivity index (χ0v) is 14.9. The maximum atomic E-state index is 9.10. The molecule has 0 amide bonds. The third-order valence-corrected chi connectivity index (χ3v) is 5.21. The van der Waals surface area contributed by atoms with Gasteiger partial charge in [0.25, 0.3) is 0 Å². The van der Waals surface area contributed by atoms with E-state index >= 15 is 0 Å². The number of aryl methyl sites for hydroxylation is 2. The third kappa shape index (κ3) is 3.18. The lowest BCUT2D eigenvalue weighted by atomic mass is 9.93. The maximum Gasteiger partial charge on any atom is 0.0434 e. The second-order valence-corrected chi connectivity index (χ2v) is 6.99. The van der Waals surface area contributed by atoms with Gasteiger partial charge in [-0.2, -0.15) is 0 Å². The predicted molar refractivity (Wildman–Crippen MR) is 109 cm³/mol. The number of hydrogen-bond acceptors (Lipinski definition) is 2. The third-order valence-electron chi connectivity index (χ3n) is 5.21. The molecule has 0 saturated heterocycles. The Morgan fingerprint density at radius 1 is 0.577 bits per heavy atom. The Kier molecular flexibility index (Phi) is 4.87. The van der Waals surface area contributed by atoms with E-state index in [0.29, 0.717) is 0 Å². The van der Waals surface area contributed by atoms with Gasteiger partial charge in [-0.15, -0.1) is 0 Å². The largest absolute Gasteiger partial charge is 0.396 e. The van der Waals surface area contributed by atoms with Crippen LogP contribution >= 0.6 is 0 Å². The molecule has 26 heavy (non-hydrogen) atoms. The van der Waals surface area contributed by atoms with Crippen molar-refractivity contribution in [3.05, 3.63) is 81.9 Å². The van der Waals surface area contributed by atoms with Crippen LogP contribution in [0, 0.1) is 0 Å². The van der Waals surface area contributed by atoms with Crippen molar-refractivity contribution in [3.63, 3.8) is 0 Å². The number of rotatable bonds is 6. The van der Waals surface area contributed by atoms with Crippen LogP contribution in [0.2, 0.25) is 0 Å². The molecule has 0 aromatic heterocycles. The second kappa shape index (κ2) is 7.45. The van der Waals surface area contributed by atoms with Gasteiger partial charge >= 0.3 is 0 Å². The summed E-state index contributed by atoms with van der Waals surface area (Å²) in [7, 11) is 0. The topological polar surface area (TPSA) is 40.5 Å². The molecule has 2 N–H and O–H groups in total. The molecule has 2 nitrogen and oxygen atoms in total. The summed E-state index contributed by atoms with van der Waals surface area (Å²) in [6.07, 6.45) is 12.2. The first-order valence-electron chi connectivity index (χ1n) is 9.39. The molecule has 2 heteroatoms. The Morgan fingerprint density at radius 3 is 1.46 bits per heavy atom. The van der Waals surface area contributed by atoms with Crippen molar-refractivity contribution in [2.75, 3.05) is 13.2 Å². The summed E-state index contributed by atoms with van der Waals surface area (Å²) in [4.78, 5) is 0. The van der Waals surface area contributed by atoms with E-state index in [1.54, 1.807) is 0 Å². The lowest BCUT2D eigenvalue weighted by Crippen LogP contribution is -1.94. The highest BCUT2D eigenvalue weighted by Gasteiger charge is 2.20. The molecule has 2 aliphatic carbocycles. The van der Waals surface area contributed by atoms with Crippen molar-refractivity contribution in [1.82, 2.24) is 0 Å². The van der Waals surface area contributed by atoms with Crippen molar-refractivity contribution in [2.24, 2.45) is 0 Å². The van der Waals surface area contributed by atoms with Crippen molar-refractivity contribution < 1.29 is 10.2 Å². The quantitative estimate of drug-likeness (QED) is 0.810. The number of benzene rings is 2. The van der Waals surface area contributed by atoms with Gasteiger partial charge in [0.2, 0.25) is 0 Å². The lowest BCUT2D eigenvalue weighted by Gasteiger charge is -2.11. The molecule has 0 unspecified atom stereocenters. The van der Waals surface area contributed by atoms with Gasteiger partial charge in [-0.1, -0.05) is 60.7 Å². The Labute approximate surface area is 154 Å². The van der Waals surface area contributed by atoms with E-state index in [1.165, 1.54) is 44.5 Å². The number of aliphatic hydroxyl groups is 2. The summed E-state index contributed by atoms with van der Waals surface area (Å²) in [6.45, 7) is 0.464. The van der Waals surface area contributed by atoms with Crippen molar-refractivity contribution in [1.29, 1.82) is 0 Å². The first-order chi connectivity index (χ1) is 12.8. The van der Waals surface area contributed by atoms with Gasteiger partial charge in [-0.05, 0) is 70.2 Å². The van der Waals surface area contributed by atoms with Crippen LogP contribution in [0.1, 0.15) is 46.2 Å². The molecule has 0 atom stereocenters. The fourth-order valence-corrected chi connectivity index (χ4v) is 3.84. The van der Waals surface area contributed by atoms with E-state index in [2.05, 4.69) is 60.7 Å². The SMILES string of the molecule is OCCCc1ccc2c(c1)/C(=C1/C=Cc3ccc(CCCO)cc31)C=C2. The van der Waals surface area contributed by atoms with Crippen LogP contribution in [0.15, 0.2) is 48.6 Å². The number of hydrogen-bond donors (Lipinski definition) is 2. The first kappa shape index (κ1) is 17.0. The highest BCUT2D eigenvalue weighted by atomic mass is 16.3. The van der Waals surface area contributed by atoms with E-state index in [-0.39, 0.29) is 13.2 Å². The van der Waals surface area contributed by atoms with E-state index in [4.69, 9.17) is 10.2 Å². The minimum atomic E-state index is 0.232. The molecule has 4 rings (SSSR count). The molecule has 2 aromatic rings. The molecule has 0 aliphatic heterocycles. The second-order valence-electron chi connectivity index (χ2n) is 6.99. The van der Waals surface area contributed by atoms with E-state index < -0.39 is 0 Å². The first-order valence-corrected chi connectivity index (χ1v) is 9.39. The Bertz CT molecular complexity index is 840. The van der Waals surface area contributed by atoms with Gasteiger partial charge in [-0.25, -0.2) is 0 Å². The van der Waals surface area contributed by atoms with Crippen LogP contribution in [0.4, 0.5) is 0 Å². The summed E-state index contributed by atoms with van der Waals surface area (Å²) < 4.78 is 0. The molecule has 132 valence electrons. The van der Waals surface area contributed by atoms with Gasteiger partial charge in [-0.3, -0.25) is 0 Å².